The average molecular weight is 307 g/mol. The van der Waals surface area contributed by atoms with Crippen LogP contribution in [0, 0.1) is 0 Å². The largest absolute Gasteiger partial charge is 0.387 e. The molecule has 2 aromatic rings. The number of hydrogen-bond donors (Lipinski definition) is 1. The van der Waals surface area contributed by atoms with Gasteiger partial charge in [-0.1, -0.05) is 28.1 Å². The highest BCUT2D eigenvalue weighted by Gasteiger charge is 2.21. The van der Waals surface area contributed by atoms with Gasteiger partial charge in [-0.2, -0.15) is 0 Å². The Bertz CT molecular complexity index is 547. The van der Waals surface area contributed by atoms with Crippen LogP contribution in [0.2, 0.25) is 0 Å². The molecule has 0 spiro atoms. The summed E-state index contributed by atoms with van der Waals surface area (Å²) in [6.45, 7) is 0.970. The molecule has 4 heteroatoms. The molecule has 1 aliphatic heterocycles. The lowest BCUT2D eigenvalue weighted by Gasteiger charge is -2.21. The molecular weight excluding hydrogens is 292 g/mol. The van der Waals surface area contributed by atoms with Crippen LogP contribution in [0.1, 0.15) is 36.0 Å². The third-order valence-corrected chi connectivity index (χ3v) is 3.97. The van der Waals surface area contributed by atoms with Gasteiger partial charge in [-0.05, 0) is 30.5 Å². The van der Waals surface area contributed by atoms with Crippen LogP contribution in [-0.2, 0) is 13.0 Å². The van der Waals surface area contributed by atoms with Gasteiger partial charge in [0.05, 0.1) is 18.0 Å². The van der Waals surface area contributed by atoms with Crippen LogP contribution in [0.4, 0.5) is 0 Å². The zero-order valence-corrected chi connectivity index (χ0v) is 11.6. The second-order valence-electron chi connectivity index (χ2n) is 4.71. The second-order valence-corrected chi connectivity index (χ2v) is 5.63. The Morgan fingerprint density at radius 2 is 2.11 bits per heavy atom. The second kappa shape index (κ2) is 4.86. The Labute approximate surface area is 115 Å². The van der Waals surface area contributed by atoms with Crippen molar-refractivity contribution in [3.63, 3.8) is 0 Å². The number of fused-ring (bicyclic) bond motifs is 1. The highest BCUT2D eigenvalue weighted by Crippen LogP contribution is 2.26. The number of aromatic nitrogens is 2. The Hall–Kier alpha value is -1.13. The molecule has 0 saturated heterocycles. The van der Waals surface area contributed by atoms with Crippen LogP contribution in [0.15, 0.2) is 34.9 Å². The zero-order chi connectivity index (χ0) is 12.5. The lowest BCUT2D eigenvalue weighted by atomic mass is 10.1. The van der Waals surface area contributed by atoms with Crippen LogP contribution >= 0.6 is 15.9 Å². The number of imidazole rings is 1. The van der Waals surface area contributed by atoms with Gasteiger partial charge in [0, 0.05) is 17.4 Å². The summed E-state index contributed by atoms with van der Waals surface area (Å²) in [7, 11) is 0. The fourth-order valence-corrected chi connectivity index (χ4v) is 2.73. The van der Waals surface area contributed by atoms with Gasteiger partial charge >= 0.3 is 0 Å². The number of nitrogens with zero attached hydrogens (tertiary/aromatic N) is 2. The number of benzene rings is 1. The Morgan fingerprint density at radius 1 is 1.33 bits per heavy atom. The summed E-state index contributed by atoms with van der Waals surface area (Å²) in [5, 5.41) is 9.91. The molecule has 3 nitrogen and oxygen atoms in total. The average Bonchev–Trinajstić information content (AvgIpc) is 2.77. The molecule has 94 valence electrons. The fraction of sp³-hybridized carbons (Fsp3) is 0.357. The van der Waals surface area contributed by atoms with Crippen LogP contribution in [0.5, 0.6) is 0 Å². The van der Waals surface area contributed by atoms with Crippen LogP contribution in [0.25, 0.3) is 0 Å². The molecule has 2 heterocycles. The molecular formula is C14H15BrN2O. The predicted molar refractivity (Wildman–Crippen MR) is 73.4 cm³/mol. The molecule has 0 amide bonds. The van der Waals surface area contributed by atoms with Gasteiger partial charge in [0.2, 0.25) is 0 Å². The van der Waals surface area contributed by atoms with Gasteiger partial charge in [-0.15, -0.1) is 0 Å². The first-order valence-electron chi connectivity index (χ1n) is 6.21. The smallest absolute Gasteiger partial charge is 0.113 e. The molecule has 1 atom stereocenters. The van der Waals surface area contributed by atoms with Gasteiger partial charge in [-0.25, -0.2) is 4.98 Å². The molecule has 1 aliphatic rings. The van der Waals surface area contributed by atoms with Gasteiger partial charge in [0.15, 0.2) is 0 Å². The molecule has 0 bridgehead atoms. The predicted octanol–water partition coefficient (Wildman–Crippen LogP) is 3.06. The first kappa shape index (κ1) is 11.9. The standard InChI is InChI=1S/C14H15BrN2O/c15-11-5-3-10(4-6-11)8-14-16-9-12-13(18)2-1-7-17(12)14/h3-6,9,13,18H,1-2,7-8H2. The highest BCUT2D eigenvalue weighted by molar-refractivity contribution is 9.10. The normalized spacial score (nSPS) is 18.7. The summed E-state index contributed by atoms with van der Waals surface area (Å²) in [5.74, 6) is 1.05. The van der Waals surface area contributed by atoms with Crippen LogP contribution in [0.3, 0.4) is 0 Å². The Balaban J connectivity index is 1.87. The Kier molecular flexibility index (Phi) is 3.22. The van der Waals surface area contributed by atoms with Crippen molar-refractivity contribution >= 4 is 15.9 Å². The first-order chi connectivity index (χ1) is 8.74. The van der Waals surface area contributed by atoms with Crippen molar-refractivity contribution in [1.82, 2.24) is 9.55 Å². The topological polar surface area (TPSA) is 38.0 Å². The molecule has 1 aromatic heterocycles. The molecule has 3 rings (SSSR count). The summed E-state index contributed by atoms with van der Waals surface area (Å²) in [5.41, 5.74) is 2.21. The van der Waals surface area contributed by atoms with Gasteiger partial charge < -0.3 is 9.67 Å². The summed E-state index contributed by atoms with van der Waals surface area (Å²) >= 11 is 3.44. The first-order valence-corrected chi connectivity index (χ1v) is 7.00. The van der Waals surface area contributed by atoms with E-state index in [1.165, 1.54) is 5.56 Å². The van der Waals surface area contributed by atoms with E-state index in [1.807, 2.05) is 18.3 Å². The van der Waals surface area contributed by atoms with Crippen molar-refractivity contribution in [2.75, 3.05) is 0 Å². The maximum atomic E-state index is 9.91. The lowest BCUT2D eigenvalue weighted by molar-refractivity contribution is 0.138. The molecule has 1 aromatic carbocycles. The molecule has 0 radical (unpaired) electrons. The third-order valence-electron chi connectivity index (χ3n) is 3.45. The maximum absolute atomic E-state index is 9.91. The molecule has 18 heavy (non-hydrogen) atoms. The summed E-state index contributed by atoms with van der Waals surface area (Å²) in [6, 6.07) is 8.30. The highest BCUT2D eigenvalue weighted by atomic mass is 79.9. The number of aliphatic hydroxyl groups excluding tert-OH is 1. The van der Waals surface area contributed by atoms with Crippen molar-refractivity contribution in [2.45, 2.75) is 31.9 Å². The van der Waals surface area contributed by atoms with Crippen molar-refractivity contribution in [3.05, 3.63) is 52.0 Å². The van der Waals surface area contributed by atoms with E-state index in [4.69, 9.17) is 0 Å². The zero-order valence-electron chi connectivity index (χ0n) is 10.0. The van der Waals surface area contributed by atoms with E-state index < -0.39 is 0 Å². The van der Waals surface area contributed by atoms with Gasteiger partial charge in [0.25, 0.3) is 0 Å². The molecule has 1 unspecified atom stereocenters. The molecule has 0 saturated carbocycles. The third kappa shape index (κ3) is 2.22. The van der Waals surface area contributed by atoms with E-state index >= 15 is 0 Å². The summed E-state index contributed by atoms with van der Waals surface area (Å²) < 4.78 is 3.25. The van der Waals surface area contributed by atoms with Gasteiger partial charge in [-0.3, -0.25) is 0 Å². The fourth-order valence-electron chi connectivity index (χ4n) is 2.47. The van der Waals surface area contributed by atoms with E-state index in [9.17, 15) is 5.11 Å². The number of aliphatic hydroxyl groups is 1. The van der Waals surface area contributed by atoms with Gasteiger partial charge in [0.1, 0.15) is 5.82 Å². The van der Waals surface area contributed by atoms with Crippen molar-refractivity contribution in [3.8, 4) is 0 Å². The van der Waals surface area contributed by atoms with E-state index in [-0.39, 0.29) is 6.10 Å². The minimum Gasteiger partial charge on any atom is -0.387 e. The van der Waals surface area contributed by atoms with E-state index in [1.54, 1.807) is 0 Å². The quantitative estimate of drug-likeness (QED) is 0.926. The van der Waals surface area contributed by atoms with E-state index in [0.29, 0.717) is 0 Å². The number of rotatable bonds is 2. The SMILES string of the molecule is OC1CCCn2c1cnc2Cc1ccc(Br)cc1. The summed E-state index contributed by atoms with van der Waals surface area (Å²) in [6.07, 6.45) is 4.17. The Morgan fingerprint density at radius 3 is 2.89 bits per heavy atom. The van der Waals surface area contributed by atoms with Crippen molar-refractivity contribution in [2.24, 2.45) is 0 Å². The number of halogens is 1. The van der Waals surface area contributed by atoms with E-state index in [0.717, 1.165) is 41.8 Å². The number of hydrogen-bond acceptors (Lipinski definition) is 2. The van der Waals surface area contributed by atoms with E-state index in [2.05, 4.69) is 37.6 Å². The van der Waals surface area contributed by atoms with Crippen molar-refractivity contribution < 1.29 is 5.11 Å². The summed E-state index contributed by atoms with van der Waals surface area (Å²) in [4.78, 5) is 4.46. The minimum atomic E-state index is -0.343. The maximum Gasteiger partial charge on any atom is 0.113 e. The van der Waals surface area contributed by atoms with Crippen LogP contribution < -0.4 is 0 Å². The lowest BCUT2D eigenvalue weighted by Crippen LogP contribution is -2.16. The molecule has 0 fully saturated rings. The monoisotopic (exact) mass is 306 g/mol. The van der Waals surface area contributed by atoms with Crippen molar-refractivity contribution in [1.29, 1.82) is 0 Å². The molecule has 0 aliphatic carbocycles. The molecule has 1 N–H and O–H groups in total. The van der Waals surface area contributed by atoms with Crippen LogP contribution in [-0.4, -0.2) is 14.7 Å². The minimum absolute atomic E-state index is 0.343.